The van der Waals surface area contributed by atoms with Gasteiger partial charge in [0.15, 0.2) is 6.61 Å². The molecule has 0 spiro atoms. The Labute approximate surface area is 126 Å². The number of amides is 1. The van der Waals surface area contributed by atoms with Gasteiger partial charge in [0, 0.05) is 12.1 Å². The molecule has 1 aliphatic rings. The first-order valence-corrected chi connectivity index (χ1v) is 6.89. The molecule has 22 heavy (non-hydrogen) atoms. The van der Waals surface area contributed by atoms with Gasteiger partial charge in [0.1, 0.15) is 5.69 Å². The SMILES string of the molecule is C[C@@H](NC(=O)COC(=O)c1ccc(N)c([N+](=O)[O-])c1)C1CC1. The first-order valence-electron chi connectivity index (χ1n) is 6.89. The average molecular weight is 307 g/mol. The Balaban J connectivity index is 1.90. The molecule has 1 atom stereocenters. The summed E-state index contributed by atoms with van der Waals surface area (Å²) in [4.78, 5) is 33.5. The molecule has 1 aliphatic carbocycles. The lowest BCUT2D eigenvalue weighted by Gasteiger charge is -2.12. The van der Waals surface area contributed by atoms with Crippen LogP contribution in [0.2, 0.25) is 0 Å². The lowest BCUT2D eigenvalue weighted by atomic mass is 10.2. The molecule has 1 aromatic rings. The van der Waals surface area contributed by atoms with Crippen LogP contribution in [0.1, 0.15) is 30.1 Å². The molecule has 1 saturated carbocycles. The molecule has 118 valence electrons. The summed E-state index contributed by atoms with van der Waals surface area (Å²) < 4.78 is 4.85. The second-order valence-electron chi connectivity index (χ2n) is 5.30. The molecule has 1 fully saturated rings. The van der Waals surface area contributed by atoms with E-state index in [1.54, 1.807) is 0 Å². The first-order chi connectivity index (χ1) is 10.4. The molecule has 8 nitrogen and oxygen atoms in total. The van der Waals surface area contributed by atoms with Gasteiger partial charge < -0.3 is 15.8 Å². The fourth-order valence-electron chi connectivity index (χ4n) is 2.05. The number of nitrogens with zero attached hydrogens (tertiary/aromatic N) is 1. The number of benzene rings is 1. The molecule has 0 heterocycles. The maximum Gasteiger partial charge on any atom is 0.338 e. The molecular formula is C14H17N3O5. The van der Waals surface area contributed by atoms with Gasteiger partial charge in [-0.15, -0.1) is 0 Å². The van der Waals surface area contributed by atoms with Crippen LogP contribution in [0, 0.1) is 16.0 Å². The summed E-state index contributed by atoms with van der Waals surface area (Å²) in [5.74, 6) is -0.700. The summed E-state index contributed by atoms with van der Waals surface area (Å²) in [5.41, 5.74) is 5.00. The molecule has 0 saturated heterocycles. The highest BCUT2D eigenvalue weighted by Gasteiger charge is 2.29. The lowest BCUT2D eigenvalue weighted by molar-refractivity contribution is -0.383. The number of nitro benzene ring substituents is 1. The van der Waals surface area contributed by atoms with Crippen molar-refractivity contribution in [3.63, 3.8) is 0 Å². The van der Waals surface area contributed by atoms with Gasteiger partial charge in [0.2, 0.25) is 0 Å². The van der Waals surface area contributed by atoms with Crippen LogP contribution in [0.15, 0.2) is 18.2 Å². The van der Waals surface area contributed by atoms with Gasteiger partial charge in [-0.25, -0.2) is 4.79 Å². The standard InChI is InChI=1S/C14H17N3O5/c1-8(9-2-3-9)16-13(18)7-22-14(19)10-4-5-11(15)12(6-10)17(20)21/h4-6,8-9H,2-3,7,15H2,1H3,(H,16,18)/t8-/m1/s1. The summed E-state index contributed by atoms with van der Waals surface area (Å²) in [7, 11) is 0. The zero-order chi connectivity index (χ0) is 16.3. The number of ether oxygens (including phenoxy) is 1. The Bertz CT molecular complexity index is 612. The second kappa shape index (κ2) is 6.42. The Morgan fingerprint density at radius 1 is 1.50 bits per heavy atom. The molecule has 0 unspecified atom stereocenters. The third kappa shape index (κ3) is 3.94. The van der Waals surface area contributed by atoms with Crippen molar-refractivity contribution in [1.29, 1.82) is 0 Å². The highest BCUT2D eigenvalue weighted by Crippen LogP contribution is 2.32. The number of anilines is 1. The Kier molecular flexibility index (Phi) is 4.59. The number of nitrogens with two attached hydrogens (primary N) is 1. The maximum absolute atomic E-state index is 11.8. The first kappa shape index (κ1) is 15.7. The Hall–Kier alpha value is -2.64. The van der Waals surface area contributed by atoms with Gasteiger partial charge in [-0.05, 0) is 37.8 Å². The fraction of sp³-hybridized carbons (Fsp3) is 0.429. The van der Waals surface area contributed by atoms with E-state index in [9.17, 15) is 19.7 Å². The summed E-state index contributed by atoms with van der Waals surface area (Å²) in [5, 5.41) is 13.5. The molecule has 3 N–H and O–H groups in total. The largest absolute Gasteiger partial charge is 0.452 e. The minimum atomic E-state index is -0.808. The molecular weight excluding hydrogens is 290 g/mol. The molecule has 1 aromatic carbocycles. The van der Waals surface area contributed by atoms with Crippen LogP contribution in [-0.4, -0.2) is 29.4 Å². The van der Waals surface area contributed by atoms with E-state index in [4.69, 9.17) is 10.5 Å². The van der Waals surface area contributed by atoms with E-state index in [-0.39, 0.29) is 23.0 Å². The number of nitrogens with one attached hydrogen (secondary N) is 1. The van der Waals surface area contributed by atoms with Crippen molar-refractivity contribution in [3.8, 4) is 0 Å². The fourth-order valence-corrected chi connectivity index (χ4v) is 2.05. The number of nitrogen functional groups attached to an aromatic ring is 1. The smallest absolute Gasteiger partial charge is 0.338 e. The third-order valence-corrected chi connectivity index (χ3v) is 3.51. The molecule has 0 aromatic heterocycles. The van der Waals surface area contributed by atoms with Gasteiger partial charge >= 0.3 is 5.97 Å². The minimum absolute atomic E-state index is 0.0241. The minimum Gasteiger partial charge on any atom is -0.452 e. The third-order valence-electron chi connectivity index (χ3n) is 3.51. The molecule has 8 heteroatoms. The summed E-state index contributed by atoms with van der Waals surface area (Å²) >= 11 is 0. The highest BCUT2D eigenvalue weighted by molar-refractivity contribution is 5.92. The molecule has 0 aliphatic heterocycles. The van der Waals surface area contributed by atoms with Gasteiger partial charge in [0.05, 0.1) is 10.5 Å². The Morgan fingerprint density at radius 3 is 2.77 bits per heavy atom. The number of hydrogen-bond donors (Lipinski definition) is 2. The average Bonchev–Trinajstić information content (AvgIpc) is 3.29. The topological polar surface area (TPSA) is 125 Å². The van der Waals surface area contributed by atoms with E-state index in [1.807, 2.05) is 6.92 Å². The number of carbonyl (C=O) groups excluding carboxylic acids is 2. The summed E-state index contributed by atoms with van der Waals surface area (Å²) in [6.45, 7) is 1.48. The van der Waals surface area contributed by atoms with Crippen molar-refractivity contribution in [1.82, 2.24) is 5.32 Å². The van der Waals surface area contributed by atoms with Crippen LogP contribution in [-0.2, 0) is 9.53 Å². The molecule has 2 rings (SSSR count). The second-order valence-corrected chi connectivity index (χ2v) is 5.30. The highest BCUT2D eigenvalue weighted by atomic mass is 16.6. The summed E-state index contributed by atoms with van der Waals surface area (Å²) in [6, 6.07) is 3.66. The van der Waals surface area contributed by atoms with Gasteiger partial charge in [-0.1, -0.05) is 0 Å². The van der Waals surface area contributed by atoms with Crippen LogP contribution in [0.3, 0.4) is 0 Å². The lowest BCUT2D eigenvalue weighted by Crippen LogP contribution is -2.37. The van der Waals surface area contributed by atoms with E-state index in [1.165, 1.54) is 12.1 Å². The number of rotatable bonds is 6. The molecule has 0 bridgehead atoms. The molecule has 1 amide bonds. The van der Waals surface area contributed by atoms with E-state index >= 15 is 0 Å². The normalized spacial score (nSPS) is 15.0. The zero-order valence-corrected chi connectivity index (χ0v) is 12.1. The van der Waals surface area contributed by atoms with Crippen LogP contribution in [0.25, 0.3) is 0 Å². The predicted molar refractivity (Wildman–Crippen MR) is 78.1 cm³/mol. The van der Waals surface area contributed by atoms with Crippen molar-refractivity contribution in [2.75, 3.05) is 12.3 Å². The monoisotopic (exact) mass is 307 g/mol. The maximum atomic E-state index is 11.8. The Morgan fingerprint density at radius 2 is 2.18 bits per heavy atom. The van der Waals surface area contributed by atoms with Crippen LogP contribution in [0.5, 0.6) is 0 Å². The quantitative estimate of drug-likeness (QED) is 0.352. The van der Waals surface area contributed by atoms with Gasteiger partial charge in [0.25, 0.3) is 11.6 Å². The van der Waals surface area contributed by atoms with Crippen LogP contribution in [0.4, 0.5) is 11.4 Å². The zero-order valence-electron chi connectivity index (χ0n) is 12.1. The van der Waals surface area contributed by atoms with Crippen molar-refractivity contribution >= 4 is 23.3 Å². The van der Waals surface area contributed by atoms with Gasteiger partial charge in [-0.3, -0.25) is 14.9 Å². The van der Waals surface area contributed by atoms with Crippen molar-refractivity contribution in [3.05, 3.63) is 33.9 Å². The van der Waals surface area contributed by atoms with Crippen molar-refractivity contribution < 1.29 is 19.2 Å². The number of nitro groups is 1. The number of hydrogen-bond acceptors (Lipinski definition) is 6. The van der Waals surface area contributed by atoms with E-state index < -0.39 is 23.4 Å². The van der Waals surface area contributed by atoms with Crippen molar-refractivity contribution in [2.45, 2.75) is 25.8 Å². The van der Waals surface area contributed by atoms with Crippen LogP contribution < -0.4 is 11.1 Å². The molecule has 0 radical (unpaired) electrons. The summed E-state index contributed by atoms with van der Waals surface area (Å²) in [6.07, 6.45) is 2.19. The number of carbonyl (C=O) groups is 2. The predicted octanol–water partition coefficient (Wildman–Crippen LogP) is 1.25. The van der Waals surface area contributed by atoms with Crippen molar-refractivity contribution in [2.24, 2.45) is 5.92 Å². The van der Waals surface area contributed by atoms with Crippen LogP contribution >= 0.6 is 0 Å². The van der Waals surface area contributed by atoms with Gasteiger partial charge in [-0.2, -0.15) is 0 Å². The van der Waals surface area contributed by atoms with E-state index in [0.29, 0.717) is 5.92 Å². The van der Waals surface area contributed by atoms with E-state index in [0.717, 1.165) is 18.9 Å². The van der Waals surface area contributed by atoms with E-state index in [2.05, 4.69) is 5.32 Å². The number of esters is 1.